The van der Waals surface area contributed by atoms with Crippen molar-refractivity contribution >= 4 is 11.5 Å². The molecule has 29 heavy (non-hydrogen) atoms. The molecule has 5 heteroatoms. The maximum atomic E-state index is 12.2. The number of aromatic nitrogens is 2. The van der Waals surface area contributed by atoms with Crippen molar-refractivity contribution in [1.82, 2.24) is 9.78 Å². The van der Waals surface area contributed by atoms with Crippen LogP contribution in [0.1, 0.15) is 77.1 Å². The number of allylic oxidation sites excluding steroid dienone is 2. The van der Waals surface area contributed by atoms with Gasteiger partial charge in [-0.3, -0.25) is 4.79 Å². The summed E-state index contributed by atoms with van der Waals surface area (Å²) in [6, 6.07) is 10.1. The molecule has 0 bridgehead atoms. The highest BCUT2D eigenvalue weighted by molar-refractivity contribution is 5.70. The van der Waals surface area contributed by atoms with E-state index in [0.717, 1.165) is 6.42 Å². The zero-order valence-corrected chi connectivity index (χ0v) is 19.6. The van der Waals surface area contributed by atoms with Gasteiger partial charge in [0.25, 0.3) is 0 Å². The van der Waals surface area contributed by atoms with E-state index in [1.165, 1.54) is 53.6 Å². The minimum atomic E-state index is -0.333. The van der Waals surface area contributed by atoms with E-state index in [1.54, 1.807) is 14.0 Å². The monoisotopic (exact) mass is 405 g/mol. The Morgan fingerprint density at radius 1 is 1.21 bits per heavy atom. The van der Waals surface area contributed by atoms with E-state index in [0.29, 0.717) is 5.69 Å². The molecule has 0 unspecified atom stereocenters. The second-order valence-corrected chi connectivity index (χ2v) is 6.38. The van der Waals surface area contributed by atoms with Crippen LogP contribution in [0.4, 0.5) is 4.39 Å². The lowest BCUT2D eigenvalue weighted by Crippen LogP contribution is -2.01. The Balaban J connectivity index is 0. The zero-order chi connectivity index (χ0) is 22.8. The average molecular weight is 406 g/mol. The van der Waals surface area contributed by atoms with E-state index >= 15 is 0 Å². The van der Waals surface area contributed by atoms with Gasteiger partial charge in [0, 0.05) is 20.0 Å². The summed E-state index contributed by atoms with van der Waals surface area (Å²) in [7, 11) is 1.57. The topological polar surface area (TPSA) is 60.9 Å². The number of carbonyl (C=O) groups excluding carboxylic acids is 1. The quantitative estimate of drug-likeness (QED) is 0.588. The Bertz CT molecular complexity index is 697. The van der Waals surface area contributed by atoms with E-state index in [1.807, 2.05) is 13.8 Å². The maximum Gasteiger partial charge on any atom is 0.214 e. The van der Waals surface area contributed by atoms with Gasteiger partial charge in [0.1, 0.15) is 0 Å². The standard InChI is InChI=1S/C15H22.C5H7FN2.C2H5NO.C2H6/c1-4-6-7-11-14(5-2)15-12-9-8-10-13(15)3;1-4-3-5(6)8(2)7-4;1-2(3)4;1-2/h8-12H,4-7H2,1-3H3;3H,1-2H3;1H3,(H2,3,4);1-2H3/b14-11+;;;. The van der Waals surface area contributed by atoms with Gasteiger partial charge in [0.15, 0.2) is 0 Å². The lowest BCUT2D eigenvalue weighted by Gasteiger charge is -2.08. The van der Waals surface area contributed by atoms with Crippen LogP contribution in [0.3, 0.4) is 0 Å². The molecule has 2 N–H and O–H groups in total. The number of unbranched alkanes of at least 4 members (excludes halogenated alkanes) is 2. The molecule has 0 saturated heterocycles. The number of amides is 1. The normalized spacial score (nSPS) is 9.90. The van der Waals surface area contributed by atoms with E-state index in [2.05, 4.69) is 61.9 Å². The molecule has 0 aliphatic rings. The average Bonchev–Trinajstić information content (AvgIpc) is 2.97. The fourth-order valence-electron chi connectivity index (χ4n) is 2.44. The van der Waals surface area contributed by atoms with Crippen molar-refractivity contribution in [3.8, 4) is 0 Å². The third kappa shape index (κ3) is 14.3. The highest BCUT2D eigenvalue weighted by Gasteiger charge is 2.01. The van der Waals surface area contributed by atoms with Gasteiger partial charge in [-0.05, 0) is 43.4 Å². The van der Waals surface area contributed by atoms with Crippen LogP contribution in [0.5, 0.6) is 0 Å². The zero-order valence-electron chi connectivity index (χ0n) is 19.6. The minimum Gasteiger partial charge on any atom is -0.370 e. The SMILES string of the molecule is CC.CC(N)=O.CCCC/C=C(\CC)c1ccccc1C.Cc1cc(F)n(C)n1. The van der Waals surface area contributed by atoms with Crippen LogP contribution in [0, 0.1) is 19.8 Å². The van der Waals surface area contributed by atoms with Gasteiger partial charge in [-0.25, -0.2) is 4.68 Å². The van der Waals surface area contributed by atoms with Crippen LogP contribution < -0.4 is 5.73 Å². The number of nitrogens with two attached hydrogens (primary N) is 1. The summed E-state index contributed by atoms with van der Waals surface area (Å²) in [5.74, 6) is -0.623. The highest BCUT2D eigenvalue weighted by atomic mass is 19.1. The van der Waals surface area contributed by atoms with Crippen LogP contribution in [0.15, 0.2) is 36.4 Å². The molecule has 0 atom stereocenters. The van der Waals surface area contributed by atoms with Crippen LogP contribution in [-0.2, 0) is 11.8 Å². The second kappa shape index (κ2) is 17.7. The predicted octanol–water partition coefficient (Wildman–Crippen LogP) is 6.36. The first-order valence-corrected chi connectivity index (χ1v) is 10.4. The fourth-order valence-corrected chi connectivity index (χ4v) is 2.44. The first kappa shape index (κ1) is 28.8. The van der Waals surface area contributed by atoms with Crippen molar-refractivity contribution < 1.29 is 9.18 Å². The molecule has 4 nitrogen and oxygen atoms in total. The first-order chi connectivity index (χ1) is 13.7. The number of rotatable bonds is 5. The summed E-state index contributed by atoms with van der Waals surface area (Å²) in [6.45, 7) is 13.7. The second-order valence-electron chi connectivity index (χ2n) is 6.38. The molecule has 0 aliphatic heterocycles. The van der Waals surface area contributed by atoms with Crippen molar-refractivity contribution in [2.75, 3.05) is 0 Å². The molecule has 1 aromatic heterocycles. The third-order valence-electron chi connectivity index (χ3n) is 3.77. The molecule has 2 rings (SSSR count). The Hall–Kier alpha value is -2.43. The lowest BCUT2D eigenvalue weighted by molar-refractivity contribution is -0.115. The minimum absolute atomic E-state index is 0.289. The van der Waals surface area contributed by atoms with Crippen molar-refractivity contribution in [1.29, 1.82) is 0 Å². The molecule has 0 fully saturated rings. The molecule has 0 radical (unpaired) electrons. The van der Waals surface area contributed by atoms with Crippen molar-refractivity contribution in [3.63, 3.8) is 0 Å². The molecule has 2 aromatic rings. The Morgan fingerprint density at radius 3 is 2.10 bits per heavy atom. The number of carbonyl (C=O) groups is 1. The number of hydrogen-bond donors (Lipinski definition) is 1. The Labute approximate surface area is 177 Å². The number of primary amides is 1. The van der Waals surface area contributed by atoms with Gasteiger partial charge >= 0.3 is 0 Å². The summed E-state index contributed by atoms with van der Waals surface area (Å²) >= 11 is 0. The van der Waals surface area contributed by atoms with E-state index < -0.39 is 0 Å². The highest BCUT2D eigenvalue weighted by Crippen LogP contribution is 2.22. The van der Waals surface area contributed by atoms with Gasteiger partial charge in [-0.15, -0.1) is 0 Å². The Kier molecular flexibility index (Phi) is 17.5. The van der Waals surface area contributed by atoms with Crippen LogP contribution in [0.25, 0.3) is 5.57 Å². The van der Waals surface area contributed by atoms with Gasteiger partial charge in [-0.1, -0.05) is 70.9 Å². The van der Waals surface area contributed by atoms with Crippen LogP contribution >= 0.6 is 0 Å². The van der Waals surface area contributed by atoms with E-state index in [4.69, 9.17) is 0 Å². The lowest BCUT2D eigenvalue weighted by atomic mass is 9.97. The summed E-state index contributed by atoms with van der Waals surface area (Å²) in [4.78, 5) is 9.22. The molecule has 0 aliphatic carbocycles. The van der Waals surface area contributed by atoms with Gasteiger partial charge in [0.2, 0.25) is 11.9 Å². The Morgan fingerprint density at radius 2 is 1.76 bits per heavy atom. The summed E-state index contributed by atoms with van der Waals surface area (Å²) in [5.41, 5.74) is 9.50. The number of aryl methyl sites for hydroxylation is 3. The van der Waals surface area contributed by atoms with Gasteiger partial charge < -0.3 is 5.73 Å². The molecule has 0 saturated carbocycles. The first-order valence-electron chi connectivity index (χ1n) is 10.4. The van der Waals surface area contributed by atoms with Gasteiger partial charge in [0.05, 0.1) is 5.69 Å². The van der Waals surface area contributed by atoms with E-state index in [-0.39, 0.29) is 11.9 Å². The molecule has 1 heterocycles. The fraction of sp³-hybridized carbons (Fsp3) is 0.500. The molecule has 1 aromatic carbocycles. The summed E-state index contributed by atoms with van der Waals surface area (Å²) < 4.78 is 13.4. The van der Waals surface area contributed by atoms with Gasteiger partial charge in [-0.2, -0.15) is 9.49 Å². The number of nitrogens with zero attached hydrogens (tertiary/aromatic N) is 2. The summed E-state index contributed by atoms with van der Waals surface area (Å²) in [6.07, 6.45) is 7.34. The molecule has 164 valence electrons. The number of halogens is 1. The van der Waals surface area contributed by atoms with Crippen molar-refractivity contribution in [3.05, 3.63) is 59.2 Å². The number of hydrogen-bond acceptors (Lipinski definition) is 2. The predicted molar refractivity (Wildman–Crippen MR) is 123 cm³/mol. The van der Waals surface area contributed by atoms with Crippen molar-refractivity contribution in [2.24, 2.45) is 12.8 Å². The molecular weight excluding hydrogens is 365 g/mol. The smallest absolute Gasteiger partial charge is 0.214 e. The van der Waals surface area contributed by atoms with E-state index in [9.17, 15) is 9.18 Å². The maximum absolute atomic E-state index is 12.2. The molecule has 0 spiro atoms. The van der Waals surface area contributed by atoms with Crippen LogP contribution in [0.2, 0.25) is 0 Å². The largest absolute Gasteiger partial charge is 0.370 e. The molecular formula is C24H40FN3O. The van der Waals surface area contributed by atoms with Crippen molar-refractivity contribution in [2.45, 2.75) is 74.1 Å². The third-order valence-corrected chi connectivity index (χ3v) is 3.77. The summed E-state index contributed by atoms with van der Waals surface area (Å²) in [5, 5.41) is 3.75. The van der Waals surface area contributed by atoms with Crippen LogP contribution in [-0.4, -0.2) is 15.7 Å². The molecule has 1 amide bonds. The number of benzene rings is 1.